The highest BCUT2D eigenvalue weighted by Gasteiger charge is 2.57. The molecule has 2 rings (SSSR count). The van der Waals surface area contributed by atoms with E-state index in [4.69, 9.17) is 4.74 Å². The molecule has 0 radical (unpaired) electrons. The fourth-order valence-corrected chi connectivity index (χ4v) is 2.37. The van der Waals surface area contributed by atoms with Crippen molar-refractivity contribution in [3.05, 3.63) is 0 Å². The summed E-state index contributed by atoms with van der Waals surface area (Å²) in [4.78, 5) is 12.1. The van der Waals surface area contributed by atoms with Gasteiger partial charge in [0.1, 0.15) is 5.60 Å². The van der Waals surface area contributed by atoms with Gasteiger partial charge in [-0.25, -0.2) is 0 Å². The largest absolute Gasteiger partial charge is 0.459 e. The molecule has 0 aromatic carbocycles. The summed E-state index contributed by atoms with van der Waals surface area (Å²) in [6, 6.07) is 0.368. The van der Waals surface area contributed by atoms with E-state index in [0.717, 1.165) is 25.8 Å². The maximum atomic E-state index is 12.1. The van der Waals surface area contributed by atoms with Crippen molar-refractivity contribution < 1.29 is 9.53 Å². The summed E-state index contributed by atoms with van der Waals surface area (Å²) in [5, 5.41) is 3.43. The lowest BCUT2D eigenvalue weighted by Crippen LogP contribution is -2.41. The summed E-state index contributed by atoms with van der Waals surface area (Å²) >= 11 is 0. The van der Waals surface area contributed by atoms with Crippen molar-refractivity contribution in [1.29, 1.82) is 0 Å². The van der Waals surface area contributed by atoms with Crippen LogP contribution >= 0.6 is 0 Å². The van der Waals surface area contributed by atoms with Gasteiger partial charge in [0.2, 0.25) is 0 Å². The molecule has 1 aliphatic carbocycles. The van der Waals surface area contributed by atoms with Crippen LogP contribution in [0.5, 0.6) is 0 Å². The number of rotatable bonds is 2. The number of hydrogen-bond acceptors (Lipinski definition) is 3. The van der Waals surface area contributed by atoms with Crippen molar-refractivity contribution >= 4 is 5.97 Å². The fourth-order valence-electron chi connectivity index (χ4n) is 2.37. The Morgan fingerprint density at radius 2 is 2.07 bits per heavy atom. The topological polar surface area (TPSA) is 38.3 Å². The van der Waals surface area contributed by atoms with Crippen LogP contribution in [0.15, 0.2) is 0 Å². The van der Waals surface area contributed by atoms with Crippen LogP contribution in [-0.2, 0) is 9.53 Å². The molecule has 15 heavy (non-hydrogen) atoms. The molecule has 0 spiro atoms. The third-order valence-corrected chi connectivity index (χ3v) is 3.32. The quantitative estimate of drug-likeness (QED) is 0.708. The van der Waals surface area contributed by atoms with Crippen LogP contribution in [0.3, 0.4) is 0 Å². The molecule has 3 nitrogen and oxygen atoms in total. The van der Waals surface area contributed by atoms with Gasteiger partial charge in [0, 0.05) is 6.04 Å². The van der Waals surface area contributed by atoms with E-state index >= 15 is 0 Å². The van der Waals surface area contributed by atoms with Gasteiger partial charge in [-0.1, -0.05) is 0 Å². The predicted molar refractivity (Wildman–Crippen MR) is 58.5 cm³/mol. The molecule has 3 heteroatoms. The standard InChI is InChI=1S/C12H21NO2/c1-11(2,3)15-10(14)12(6-7-12)9-5-4-8-13-9/h9,13H,4-8H2,1-3H3. The zero-order chi connectivity index (χ0) is 11.1. The molecule has 1 unspecified atom stereocenters. The summed E-state index contributed by atoms with van der Waals surface area (Å²) in [7, 11) is 0. The van der Waals surface area contributed by atoms with E-state index < -0.39 is 0 Å². The third kappa shape index (κ3) is 2.17. The Balaban J connectivity index is 2.00. The van der Waals surface area contributed by atoms with Crippen LogP contribution in [0.25, 0.3) is 0 Å². The van der Waals surface area contributed by atoms with Crippen LogP contribution in [0.4, 0.5) is 0 Å². The second-order valence-corrected chi connectivity index (χ2v) is 5.81. The number of carbonyl (C=O) groups excluding carboxylic acids is 1. The van der Waals surface area contributed by atoms with Crippen LogP contribution in [0.2, 0.25) is 0 Å². The van der Waals surface area contributed by atoms with Crippen molar-refractivity contribution in [2.75, 3.05) is 6.54 Å². The van der Waals surface area contributed by atoms with Crippen molar-refractivity contribution in [1.82, 2.24) is 5.32 Å². The maximum absolute atomic E-state index is 12.1. The van der Waals surface area contributed by atoms with Crippen LogP contribution in [0, 0.1) is 5.41 Å². The van der Waals surface area contributed by atoms with E-state index in [2.05, 4.69) is 5.32 Å². The van der Waals surface area contributed by atoms with Gasteiger partial charge < -0.3 is 10.1 Å². The van der Waals surface area contributed by atoms with Crippen LogP contribution < -0.4 is 5.32 Å². The maximum Gasteiger partial charge on any atom is 0.314 e. The average molecular weight is 211 g/mol. The van der Waals surface area contributed by atoms with Gasteiger partial charge in [-0.3, -0.25) is 4.79 Å². The Labute approximate surface area is 91.6 Å². The zero-order valence-electron chi connectivity index (χ0n) is 9.93. The Bertz CT molecular complexity index is 257. The Hall–Kier alpha value is -0.570. The molecule has 86 valence electrons. The van der Waals surface area contributed by atoms with E-state index in [-0.39, 0.29) is 17.0 Å². The smallest absolute Gasteiger partial charge is 0.314 e. The molecule has 1 heterocycles. The Morgan fingerprint density at radius 3 is 2.47 bits per heavy atom. The van der Waals surface area contributed by atoms with Gasteiger partial charge in [0.25, 0.3) is 0 Å². The second kappa shape index (κ2) is 3.48. The minimum atomic E-state index is -0.356. The molecule has 2 fully saturated rings. The van der Waals surface area contributed by atoms with E-state index in [1.165, 1.54) is 6.42 Å². The minimum absolute atomic E-state index is 0.00870. The van der Waals surface area contributed by atoms with Gasteiger partial charge in [0.15, 0.2) is 0 Å². The Kier molecular flexibility index (Phi) is 2.53. The monoisotopic (exact) mass is 211 g/mol. The first-order chi connectivity index (χ1) is 6.94. The second-order valence-electron chi connectivity index (χ2n) is 5.81. The number of nitrogens with one attached hydrogen (secondary N) is 1. The zero-order valence-corrected chi connectivity index (χ0v) is 9.93. The van der Waals surface area contributed by atoms with E-state index in [1.807, 2.05) is 20.8 Å². The highest BCUT2D eigenvalue weighted by atomic mass is 16.6. The van der Waals surface area contributed by atoms with Crippen molar-refractivity contribution in [3.8, 4) is 0 Å². The molecule has 1 N–H and O–H groups in total. The van der Waals surface area contributed by atoms with E-state index in [0.29, 0.717) is 6.04 Å². The fraction of sp³-hybridized carbons (Fsp3) is 0.917. The molecule has 0 aromatic rings. The average Bonchev–Trinajstić information content (AvgIpc) is 2.73. The van der Waals surface area contributed by atoms with Crippen LogP contribution in [-0.4, -0.2) is 24.2 Å². The first-order valence-corrected chi connectivity index (χ1v) is 5.91. The lowest BCUT2D eigenvalue weighted by Gasteiger charge is -2.27. The van der Waals surface area contributed by atoms with Crippen molar-refractivity contribution in [2.24, 2.45) is 5.41 Å². The molecule has 1 saturated carbocycles. The van der Waals surface area contributed by atoms with Gasteiger partial charge in [-0.05, 0) is 53.0 Å². The van der Waals surface area contributed by atoms with Crippen molar-refractivity contribution in [2.45, 2.75) is 58.1 Å². The molecule has 1 saturated heterocycles. The highest BCUT2D eigenvalue weighted by molar-refractivity contribution is 5.81. The summed E-state index contributed by atoms with van der Waals surface area (Å²) < 4.78 is 5.50. The summed E-state index contributed by atoms with van der Waals surface area (Å²) in [5.41, 5.74) is -0.533. The predicted octanol–water partition coefficient (Wildman–Crippen LogP) is 1.86. The third-order valence-electron chi connectivity index (χ3n) is 3.32. The molecule has 1 atom stereocenters. The molecule has 0 amide bonds. The van der Waals surface area contributed by atoms with Gasteiger partial charge in [0.05, 0.1) is 5.41 Å². The number of ether oxygens (including phenoxy) is 1. The number of esters is 1. The normalized spacial score (nSPS) is 28.9. The highest BCUT2D eigenvalue weighted by Crippen LogP contribution is 2.52. The lowest BCUT2D eigenvalue weighted by molar-refractivity contribution is -0.162. The minimum Gasteiger partial charge on any atom is -0.459 e. The summed E-state index contributed by atoms with van der Waals surface area (Å²) in [6.07, 6.45) is 4.31. The Morgan fingerprint density at radius 1 is 1.40 bits per heavy atom. The van der Waals surface area contributed by atoms with Crippen molar-refractivity contribution in [3.63, 3.8) is 0 Å². The van der Waals surface area contributed by atoms with E-state index in [1.54, 1.807) is 0 Å². The van der Waals surface area contributed by atoms with E-state index in [9.17, 15) is 4.79 Å². The summed E-state index contributed by atoms with van der Waals surface area (Å²) in [6.45, 7) is 6.85. The summed E-state index contributed by atoms with van der Waals surface area (Å²) in [5.74, 6) is 0.00870. The number of carbonyl (C=O) groups is 1. The molecule has 1 aliphatic heterocycles. The van der Waals surface area contributed by atoms with Gasteiger partial charge >= 0.3 is 5.97 Å². The van der Waals surface area contributed by atoms with Gasteiger partial charge in [-0.2, -0.15) is 0 Å². The molecular formula is C12H21NO2. The molecular weight excluding hydrogens is 190 g/mol. The first-order valence-electron chi connectivity index (χ1n) is 5.91. The first kappa shape index (κ1) is 10.9. The van der Waals surface area contributed by atoms with Crippen LogP contribution in [0.1, 0.15) is 46.5 Å². The molecule has 2 aliphatic rings. The number of hydrogen-bond donors (Lipinski definition) is 1. The lowest BCUT2D eigenvalue weighted by atomic mass is 9.95. The molecule has 0 aromatic heterocycles. The van der Waals surface area contributed by atoms with Gasteiger partial charge in [-0.15, -0.1) is 0 Å². The SMILES string of the molecule is CC(C)(C)OC(=O)C1(C2CCCN2)CC1. The molecule has 0 bridgehead atoms.